The molecule has 4 N–H and O–H groups in total. The third-order valence-electron chi connectivity index (χ3n) is 3.52. The Morgan fingerprint density at radius 2 is 1.92 bits per heavy atom. The molecule has 0 spiro atoms. The SMILES string of the molecule is COC(=O)C1=CNC(NS(=O)(=O)c2ccc(C)cc2)C(CC(N)=O)=C1. The minimum Gasteiger partial charge on any atom is -0.465 e. The van der Waals surface area contributed by atoms with Crippen LogP contribution in [0.1, 0.15) is 12.0 Å². The number of hydrogen-bond donors (Lipinski definition) is 3. The molecule has 1 aromatic carbocycles. The smallest absolute Gasteiger partial charge is 0.339 e. The van der Waals surface area contributed by atoms with E-state index >= 15 is 0 Å². The van der Waals surface area contributed by atoms with Gasteiger partial charge in [-0.3, -0.25) is 4.79 Å². The minimum absolute atomic E-state index is 0.0843. The van der Waals surface area contributed by atoms with E-state index in [1.54, 1.807) is 12.1 Å². The summed E-state index contributed by atoms with van der Waals surface area (Å²) in [6.07, 6.45) is 1.57. The van der Waals surface area contributed by atoms with Crippen LogP contribution >= 0.6 is 0 Å². The van der Waals surface area contributed by atoms with Crippen LogP contribution in [0.5, 0.6) is 0 Å². The number of methoxy groups -OCH3 is 1. The predicted molar refractivity (Wildman–Crippen MR) is 90.4 cm³/mol. The molecule has 0 aromatic heterocycles. The lowest BCUT2D eigenvalue weighted by atomic mass is 10.0. The van der Waals surface area contributed by atoms with E-state index in [-0.39, 0.29) is 16.9 Å². The number of sulfonamides is 1. The van der Waals surface area contributed by atoms with Crippen molar-refractivity contribution < 1.29 is 22.7 Å². The molecule has 1 amide bonds. The largest absolute Gasteiger partial charge is 0.465 e. The first kappa shape index (κ1) is 18.7. The molecule has 25 heavy (non-hydrogen) atoms. The molecule has 8 nitrogen and oxygen atoms in total. The summed E-state index contributed by atoms with van der Waals surface area (Å²) in [6.45, 7) is 1.85. The monoisotopic (exact) mass is 365 g/mol. The van der Waals surface area contributed by atoms with E-state index < -0.39 is 28.1 Å². The molecule has 1 heterocycles. The number of benzene rings is 1. The number of aryl methyl sites for hydroxylation is 1. The second-order valence-electron chi connectivity index (χ2n) is 5.49. The van der Waals surface area contributed by atoms with Gasteiger partial charge in [0.25, 0.3) is 0 Å². The molecule has 2 rings (SSSR count). The van der Waals surface area contributed by atoms with Crippen molar-refractivity contribution in [2.75, 3.05) is 7.11 Å². The van der Waals surface area contributed by atoms with Gasteiger partial charge in [-0.1, -0.05) is 17.7 Å². The third kappa shape index (κ3) is 4.68. The van der Waals surface area contributed by atoms with Crippen molar-refractivity contribution in [1.29, 1.82) is 0 Å². The Labute approximate surface area is 145 Å². The zero-order chi connectivity index (χ0) is 18.6. The number of carbonyl (C=O) groups is 2. The fourth-order valence-electron chi connectivity index (χ4n) is 2.25. The van der Waals surface area contributed by atoms with Crippen LogP contribution in [0.25, 0.3) is 0 Å². The summed E-state index contributed by atoms with van der Waals surface area (Å²) >= 11 is 0. The Hall–Kier alpha value is -2.65. The number of ether oxygens (including phenoxy) is 1. The Bertz CT molecular complexity index is 841. The molecule has 1 aliphatic heterocycles. The minimum atomic E-state index is -3.84. The van der Waals surface area contributed by atoms with Gasteiger partial charge in [-0.05, 0) is 30.7 Å². The summed E-state index contributed by atoms with van der Waals surface area (Å²) in [5.41, 5.74) is 6.60. The second-order valence-corrected chi connectivity index (χ2v) is 7.20. The van der Waals surface area contributed by atoms with Crippen LogP contribution in [0.4, 0.5) is 0 Å². The highest BCUT2D eigenvalue weighted by atomic mass is 32.2. The number of nitrogens with two attached hydrogens (primary N) is 1. The summed E-state index contributed by atoms with van der Waals surface area (Å²) in [5.74, 6) is -1.27. The fourth-order valence-corrected chi connectivity index (χ4v) is 3.41. The fraction of sp³-hybridized carbons (Fsp3) is 0.250. The van der Waals surface area contributed by atoms with Crippen LogP contribution in [-0.4, -0.2) is 33.6 Å². The van der Waals surface area contributed by atoms with Gasteiger partial charge in [0.1, 0.15) is 6.17 Å². The van der Waals surface area contributed by atoms with Crippen molar-refractivity contribution in [1.82, 2.24) is 10.0 Å². The van der Waals surface area contributed by atoms with Gasteiger partial charge in [-0.2, -0.15) is 4.72 Å². The van der Waals surface area contributed by atoms with E-state index in [0.717, 1.165) is 5.56 Å². The van der Waals surface area contributed by atoms with Gasteiger partial charge < -0.3 is 15.8 Å². The molecule has 0 saturated heterocycles. The molecule has 1 atom stereocenters. The lowest BCUT2D eigenvalue weighted by Crippen LogP contribution is -2.46. The van der Waals surface area contributed by atoms with Crippen LogP contribution in [0.3, 0.4) is 0 Å². The molecule has 0 bridgehead atoms. The molecule has 134 valence electrons. The molecule has 0 saturated carbocycles. The van der Waals surface area contributed by atoms with Gasteiger partial charge >= 0.3 is 5.97 Å². The molecule has 0 radical (unpaired) electrons. The Morgan fingerprint density at radius 3 is 2.48 bits per heavy atom. The number of nitrogens with one attached hydrogen (secondary N) is 2. The highest BCUT2D eigenvalue weighted by Crippen LogP contribution is 2.18. The first-order valence-electron chi connectivity index (χ1n) is 7.35. The normalized spacial score (nSPS) is 17.1. The maximum atomic E-state index is 12.5. The molecular weight excluding hydrogens is 346 g/mol. The lowest BCUT2D eigenvalue weighted by Gasteiger charge is -2.25. The van der Waals surface area contributed by atoms with Crippen molar-refractivity contribution in [2.24, 2.45) is 5.73 Å². The zero-order valence-electron chi connectivity index (χ0n) is 13.8. The molecule has 1 aliphatic rings. The van der Waals surface area contributed by atoms with Crippen LogP contribution in [0, 0.1) is 6.92 Å². The van der Waals surface area contributed by atoms with E-state index in [9.17, 15) is 18.0 Å². The Balaban J connectivity index is 2.27. The molecule has 1 unspecified atom stereocenters. The molecule has 1 aromatic rings. The van der Waals surface area contributed by atoms with Crippen molar-refractivity contribution in [3.8, 4) is 0 Å². The number of carbonyl (C=O) groups excluding carboxylic acids is 2. The first-order chi connectivity index (χ1) is 11.7. The van der Waals surface area contributed by atoms with Gasteiger partial charge in [0.05, 0.1) is 24.0 Å². The Morgan fingerprint density at radius 1 is 1.28 bits per heavy atom. The number of amides is 1. The van der Waals surface area contributed by atoms with E-state index in [1.165, 1.54) is 31.5 Å². The number of dihydropyridines is 1. The summed E-state index contributed by atoms with van der Waals surface area (Å²) < 4.78 is 32.1. The zero-order valence-corrected chi connectivity index (χ0v) is 14.6. The standard InChI is InChI=1S/C16H19N3O5S/c1-10-3-5-13(6-4-10)25(22,23)19-15-11(8-14(17)20)7-12(9-18-15)16(21)24-2/h3-7,9,15,18-19H,8H2,1-2H3,(H2,17,20). The molecule has 9 heteroatoms. The van der Waals surface area contributed by atoms with Crippen molar-refractivity contribution in [3.05, 3.63) is 53.3 Å². The molecular formula is C16H19N3O5S. The van der Waals surface area contributed by atoms with Crippen LogP contribution in [0.2, 0.25) is 0 Å². The van der Waals surface area contributed by atoms with Crippen molar-refractivity contribution in [2.45, 2.75) is 24.4 Å². The lowest BCUT2D eigenvalue weighted by molar-refractivity contribution is -0.135. The average molecular weight is 365 g/mol. The van der Waals surface area contributed by atoms with Crippen molar-refractivity contribution >= 4 is 21.9 Å². The van der Waals surface area contributed by atoms with Crippen LogP contribution in [0.15, 0.2) is 52.6 Å². The molecule has 0 aliphatic carbocycles. The highest BCUT2D eigenvalue weighted by Gasteiger charge is 2.26. The number of esters is 1. The van der Waals surface area contributed by atoms with E-state index in [1.807, 2.05) is 6.92 Å². The third-order valence-corrected chi connectivity index (χ3v) is 4.96. The summed E-state index contributed by atoms with van der Waals surface area (Å²) in [7, 11) is -2.62. The van der Waals surface area contributed by atoms with E-state index in [2.05, 4.69) is 14.8 Å². The van der Waals surface area contributed by atoms with Gasteiger partial charge in [-0.25, -0.2) is 13.2 Å². The quantitative estimate of drug-likeness (QED) is 0.612. The maximum absolute atomic E-state index is 12.5. The molecule has 0 fully saturated rings. The van der Waals surface area contributed by atoms with Gasteiger partial charge in [0.15, 0.2) is 0 Å². The summed E-state index contributed by atoms with van der Waals surface area (Å²) in [4.78, 5) is 23.0. The highest BCUT2D eigenvalue weighted by molar-refractivity contribution is 7.89. The number of primary amides is 1. The summed E-state index contributed by atoms with van der Waals surface area (Å²) in [5, 5.41) is 2.75. The second kappa shape index (κ2) is 7.49. The Kier molecular flexibility index (Phi) is 5.60. The predicted octanol–water partition coefficient (Wildman–Crippen LogP) is 0.0613. The number of rotatable bonds is 6. The van der Waals surface area contributed by atoms with E-state index in [4.69, 9.17) is 5.73 Å². The van der Waals surface area contributed by atoms with Crippen LogP contribution < -0.4 is 15.8 Å². The van der Waals surface area contributed by atoms with Gasteiger partial charge in [0, 0.05) is 6.20 Å². The first-order valence-corrected chi connectivity index (χ1v) is 8.83. The van der Waals surface area contributed by atoms with E-state index in [0.29, 0.717) is 5.57 Å². The topological polar surface area (TPSA) is 128 Å². The van der Waals surface area contributed by atoms with Gasteiger partial charge in [0.2, 0.25) is 15.9 Å². The maximum Gasteiger partial charge on any atom is 0.339 e. The average Bonchev–Trinajstić information content (AvgIpc) is 2.55. The number of hydrogen-bond acceptors (Lipinski definition) is 6. The van der Waals surface area contributed by atoms with Crippen LogP contribution in [-0.2, 0) is 24.3 Å². The van der Waals surface area contributed by atoms with Crippen molar-refractivity contribution in [3.63, 3.8) is 0 Å². The summed E-state index contributed by atoms with van der Waals surface area (Å²) in [6, 6.07) is 6.32. The van der Waals surface area contributed by atoms with Gasteiger partial charge in [-0.15, -0.1) is 0 Å².